The number of carbonyl (C=O) groups is 2. The molecule has 2 N–H and O–H groups in total. The minimum atomic E-state index is -0.279. The minimum absolute atomic E-state index is 0.219. The van der Waals surface area contributed by atoms with Gasteiger partial charge < -0.3 is 5.11 Å². The number of amides is 2. The summed E-state index contributed by atoms with van der Waals surface area (Å²) in [7, 11) is 0. The summed E-state index contributed by atoms with van der Waals surface area (Å²) in [5.41, 5.74) is 0.628. The highest BCUT2D eigenvalue weighted by atomic mass is 16.3. The molecule has 1 aliphatic rings. The molecule has 4 heteroatoms. The number of hydrogen-bond acceptors (Lipinski definition) is 3. The van der Waals surface area contributed by atoms with Crippen LogP contribution >= 0.6 is 0 Å². The summed E-state index contributed by atoms with van der Waals surface area (Å²) in [6.07, 6.45) is 11.1. The summed E-state index contributed by atoms with van der Waals surface area (Å²) in [5, 5.41) is 10.9. The standard InChI is InChI=1S/C14H23NO3/c16-10-8-6-4-2-1-3-5-7-9-12-11-13(17)15-14(12)18/h11,16H,1-10H2,(H,15,17,18). The zero-order chi connectivity index (χ0) is 13.2. The molecule has 1 heterocycles. The minimum Gasteiger partial charge on any atom is -0.396 e. The summed E-state index contributed by atoms with van der Waals surface area (Å²) in [5.74, 6) is -0.497. The molecular weight excluding hydrogens is 230 g/mol. The average molecular weight is 253 g/mol. The molecule has 0 aromatic heterocycles. The van der Waals surface area contributed by atoms with Crippen molar-refractivity contribution < 1.29 is 14.7 Å². The summed E-state index contributed by atoms with van der Waals surface area (Å²) in [4.78, 5) is 22.1. The second-order valence-electron chi connectivity index (χ2n) is 4.79. The molecule has 2 amide bonds. The van der Waals surface area contributed by atoms with Crippen LogP contribution < -0.4 is 5.32 Å². The van der Waals surface area contributed by atoms with E-state index >= 15 is 0 Å². The van der Waals surface area contributed by atoms with E-state index < -0.39 is 0 Å². The van der Waals surface area contributed by atoms with Gasteiger partial charge in [-0.25, -0.2) is 0 Å². The van der Waals surface area contributed by atoms with Gasteiger partial charge in [-0.2, -0.15) is 0 Å². The topological polar surface area (TPSA) is 66.4 Å². The molecule has 0 saturated heterocycles. The lowest BCUT2D eigenvalue weighted by Gasteiger charge is -2.02. The quantitative estimate of drug-likeness (QED) is 0.462. The highest BCUT2D eigenvalue weighted by Crippen LogP contribution is 2.14. The normalized spacial score (nSPS) is 14.8. The Hall–Kier alpha value is -1.16. The van der Waals surface area contributed by atoms with E-state index in [1.54, 1.807) is 0 Å². The van der Waals surface area contributed by atoms with Crippen molar-refractivity contribution in [3.8, 4) is 0 Å². The van der Waals surface area contributed by atoms with Crippen LogP contribution in [0.1, 0.15) is 57.8 Å². The molecule has 0 saturated carbocycles. The van der Waals surface area contributed by atoms with Crippen LogP contribution in [-0.2, 0) is 9.59 Å². The third-order valence-electron chi connectivity index (χ3n) is 3.19. The number of carbonyl (C=O) groups excluding carboxylic acids is 2. The summed E-state index contributed by atoms with van der Waals surface area (Å²) < 4.78 is 0. The van der Waals surface area contributed by atoms with Crippen molar-refractivity contribution in [1.82, 2.24) is 5.32 Å². The molecule has 0 aliphatic carbocycles. The van der Waals surface area contributed by atoms with E-state index in [1.807, 2.05) is 0 Å². The lowest BCUT2D eigenvalue weighted by molar-refractivity contribution is -0.123. The van der Waals surface area contributed by atoms with Crippen molar-refractivity contribution in [2.45, 2.75) is 57.8 Å². The summed E-state index contributed by atoms with van der Waals surface area (Å²) in [6, 6.07) is 0. The molecule has 0 spiro atoms. The molecule has 0 bridgehead atoms. The maximum Gasteiger partial charge on any atom is 0.254 e. The fraction of sp³-hybridized carbons (Fsp3) is 0.714. The van der Waals surface area contributed by atoms with E-state index in [9.17, 15) is 9.59 Å². The molecule has 0 radical (unpaired) electrons. The Morgan fingerprint density at radius 2 is 1.44 bits per heavy atom. The molecular formula is C14H23NO3. The van der Waals surface area contributed by atoms with Crippen LogP contribution in [0.3, 0.4) is 0 Å². The van der Waals surface area contributed by atoms with Crippen LogP contribution in [0.15, 0.2) is 11.6 Å². The van der Waals surface area contributed by atoms with Crippen molar-refractivity contribution in [3.63, 3.8) is 0 Å². The highest BCUT2D eigenvalue weighted by molar-refractivity contribution is 6.16. The van der Waals surface area contributed by atoms with Gasteiger partial charge in [-0.05, 0) is 19.3 Å². The van der Waals surface area contributed by atoms with Crippen molar-refractivity contribution in [2.24, 2.45) is 0 Å². The predicted octanol–water partition coefficient (Wildman–Crippen LogP) is 2.07. The molecule has 18 heavy (non-hydrogen) atoms. The largest absolute Gasteiger partial charge is 0.396 e. The first-order valence-electron chi connectivity index (χ1n) is 6.91. The lowest BCUT2D eigenvalue weighted by atomic mass is 10.0. The third kappa shape index (κ3) is 5.96. The van der Waals surface area contributed by atoms with Gasteiger partial charge in [-0.3, -0.25) is 14.9 Å². The Morgan fingerprint density at radius 1 is 0.889 bits per heavy atom. The van der Waals surface area contributed by atoms with E-state index in [0.717, 1.165) is 25.7 Å². The molecule has 0 aromatic carbocycles. The van der Waals surface area contributed by atoms with Crippen LogP contribution in [-0.4, -0.2) is 23.5 Å². The highest BCUT2D eigenvalue weighted by Gasteiger charge is 2.19. The Morgan fingerprint density at radius 3 is 1.94 bits per heavy atom. The average Bonchev–Trinajstić information content (AvgIpc) is 2.66. The van der Waals surface area contributed by atoms with Gasteiger partial charge in [0.1, 0.15) is 0 Å². The van der Waals surface area contributed by atoms with Crippen molar-refractivity contribution in [3.05, 3.63) is 11.6 Å². The number of rotatable bonds is 10. The smallest absolute Gasteiger partial charge is 0.254 e. The Balaban J connectivity index is 1.91. The van der Waals surface area contributed by atoms with E-state index in [4.69, 9.17) is 5.11 Å². The molecule has 1 rings (SSSR count). The fourth-order valence-corrected chi connectivity index (χ4v) is 2.13. The van der Waals surface area contributed by atoms with E-state index in [0.29, 0.717) is 18.6 Å². The maximum absolute atomic E-state index is 11.2. The summed E-state index contributed by atoms with van der Waals surface area (Å²) >= 11 is 0. The first kappa shape index (κ1) is 14.9. The second-order valence-corrected chi connectivity index (χ2v) is 4.79. The van der Waals surface area contributed by atoms with E-state index in [1.165, 1.54) is 31.8 Å². The molecule has 0 atom stereocenters. The number of imide groups is 1. The number of unbranched alkanes of at least 4 members (excludes halogenated alkanes) is 7. The maximum atomic E-state index is 11.2. The molecule has 1 aliphatic heterocycles. The van der Waals surface area contributed by atoms with Crippen LogP contribution in [0.25, 0.3) is 0 Å². The Labute approximate surface area is 108 Å². The zero-order valence-electron chi connectivity index (χ0n) is 10.9. The van der Waals surface area contributed by atoms with Gasteiger partial charge in [0, 0.05) is 18.3 Å². The van der Waals surface area contributed by atoms with Crippen LogP contribution in [0, 0.1) is 0 Å². The van der Waals surface area contributed by atoms with Crippen LogP contribution in [0.5, 0.6) is 0 Å². The SMILES string of the molecule is O=C1C=C(CCCCCCCCCCO)C(=O)N1. The lowest BCUT2D eigenvalue weighted by Crippen LogP contribution is -2.22. The molecule has 0 aromatic rings. The third-order valence-corrected chi connectivity index (χ3v) is 3.19. The number of hydrogen-bond donors (Lipinski definition) is 2. The Kier molecular flexibility index (Phi) is 7.34. The van der Waals surface area contributed by atoms with Gasteiger partial charge >= 0.3 is 0 Å². The van der Waals surface area contributed by atoms with Crippen LogP contribution in [0.2, 0.25) is 0 Å². The Bertz CT molecular complexity index is 310. The molecule has 102 valence electrons. The van der Waals surface area contributed by atoms with E-state index in [-0.39, 0.29) is 11.8 Å². The number of nitrogens with one attached hydrogen (secondary N) is 1. The summed E-state index contributed by atoms with van der Waals surface area (Å²) in [6.45, 7) is 0.301. The molecule has 4 nitrogen and oxygen atoms in total. The van der Waals surface area contributed by atoms with Gasteiger partial charge in [-0.1, -0.05) is 38.5 Å². The number of aliphatic hydroxyl groups excluding tert-OH is 1. The fourth-order valence-electron chi connectivity index (χ4n) is 2.13. The first-order chi connectivity index (χ1) is 8.74. The number of aliphatic hydroxyl groups is 1. The van der Waals surface area contributed by atoms with Crippen molar-refractivity contribution >= 4 is 11.8 Å². The van der Waals surface area contributed by atoms with Gasteiger partial charge in [0.05, 0.1) is 0 Å². The van der Waals surface area contributed by atoms with Gasteiger partial charge in [0.15, 0.2) is 0 Å². The van der Waals surface area contributed by atoms with Crippen molar-refractivity contribution in [2.75, 3.05) is 6.61 Å². The van der Waals surface area contributed by atoms with Gasteiger partial charge in [0.2, 0.25) is 0 Å². The van der Waals surface area contributed by atoms with Gasteiger partial charge in [0.25, 0.3) is 11.8 Å². The molecule has 0 unspecified atom stereocenters. The van der Waals surface area contributed by atoms with Crippen LogP contribution in [0.4, 0.5) is 0 Å². The van der Waals surface area contributed by atoms with Gasteiger partial charge in [-0.15, -0.1) is 0 Å². The second kappa shape index (κ2) is 8.86. The molecule has 0 fully saturated rings. The zero-order valence-corrected chi connectivity index (χ0v) is 10.9. The van der Waals surface area contributed by atoms with E-state index in [2.05, 4.69) is 5.32 Å². The monoisotopic (exact) mass is 253 g/mol. The first-order valence-corrected chi connectivity index (χ1v) is 6.91. The predicted molar refractivity (Wildman–Crippen MR) is 69.9 cm³/mol. The van der Waals surface area contributed by atoms with Crippen molar-refractivity contribution in [1.29, 1.82) is 0 Å².